The average molecular weight is 356 g/mol. The van der Waals surface area contributed by atoms with Crippen molar-refractivity contribution in [1.29, 1.82) is 0 Å². The molecule has 1 amide bonds. The molecule has 0 atom stereocenters. The van der Waals surface area contributed by atoms with Crippen LogP contribution in [0.4, 0.5) is 0 Å². The van der Waals surface area contributed by atoms with Crippen molar-refractivity contribution in [3.05, 3.63) is 59.4 Å². The van der Waals surface area contributed by atoms with Crippen LogP contribution in [-0.2, 0) is 0 Å². The molecule has 6 heteroatoms. The number of rotatable bonds is 3. The van der Waals surface area contributed by atoms with Crippen LogP contribution in [0.25, 0.3) is 10.9 Å². The van der Waals surface area contributed by atoms with E-state index in [9.17, 15) is 4.79 Å². The summed E-state index contributed by atoms with van der Waals surface area (Å²) in [7, 11) is 0. The maximum absolute atomic E-state index is 12.7. The Morgan fingerprint density at radius 3 is 2.80 bits per heavy atom. The molecule has 1 aliphatic rings. The van der Waals surface area contributed by atoms with Gasteiger partial charge in [0.05, 0.1) is 0 Å². The van der Waals surface area contributed by atoms with E-state index in [0.29, 0.717) is 29.7 Å². The van der Waals surface area contributed by atoms with Crippen LogP contribution in [-0.4, -0.2) is 40.0 Å². The fraction of sp³-hybridized carbons (Fsp3) is 0.263. The minimum atomic E-state index is 0.0172. The molecular weight excluding hydrogens is 338 g/mol. The first-order chi connectivity index (χ1) is 12.2. The van der Waals surface area contributed by atoms with Crippen LogP contribution in [0.15, 0.2) is 48.7 Å². The van der Waals surface area contributed by atoms with Gasteiger partial charge in [-0.25, -0.2) is 4.98 Å². The number of carbonyl (C=O) groups excluding carboxylic acids is 1. The molecule has 1 aromatic carbocycles. The Bertz CT molecular complexity index is 886. The second kappa shape index (κ2) is 6.76. The molecule has 0 unspecified atom stereocenters. The van der Waals surface area contributed by atoms with E-state index >= 15 is 0 Å². The Balaban J connectivity index is 1.40. The number of amides is 1. The number of aromatic nitrogens is 2. The first-order valence-corrected chi connectivity index (χ1v) is 8.72. The molecule has 0 radical (unpaired) electrons. The van der Waals surface area contributed by atoms with Gasteiger partial charge in [0.15, 0.2) is 0 Å². The number of aromatic amines is 1. The van der Waals surface area contributed by atoms with Crippen molar-refractivity contribution in [3.63, 3.8) is 0 Å². The molecule has 1 fully saturated rings. The smallest absolute Gasteiger partial charge is 0.270 e. The predicted octanol–water partition coefficient (Wildman–Crippen LogP) is 3.90. The van der Waals surface area contributed by atoms with E-state index in [4.69, 9.17) is 16.3 Å². The van der Waals surface area contributed by atoms with Gasteiger partial charge in [0, 0.05) is 54.1 Å². The summed E-state index contributed by atoms with van der Waals surface area (Å²) in [6, 6.07) is 13.0. The van der Waals surface area contributed by atoms with Crippen molar-refractivity contribution < 1.29 is 9.53 Å². The first kappa shape index (κ1) is 16.0. The van der Waals surface area contributed by atoms with Gasteiger partial charge in [-0.15, -0.1) is 0 Å². The largest absolute Gasteiger partial charge is 0.474 e. The van der Waals surface area contributed by atoms with E-state index in [1.165, 1.54) is 0 Å². The molecule has 1 saturated heterocycles. The number of ether oxygens (including phenoxy) is 1. The van der Waals surface area contributed by atoms with Gasteiger partial charge in [-0.05, 0) is 30.3 Å². The van der Waals surface area contributed by atoms with Crippen LogP contribution < -0.4 is 4.74 Å². The first-order valence-electron chi connectivity index (χ1n) is 8.34. The minimum absolute atomic E-state index is 0.0172. The Morgan fingerprint density at radius 1 is 1.20 bits per heavy atom. The number of likely N-dealkylation sites (tertiary alicyclic amines) is 1. The second-order valence-electron chi connectivity index (χ2n) is 6.19. The molecule has 0 aliphatic carbocycles. The Hall–Kier alpha value is -2.53. The van der Waals surface area contributed by atoms with Gasteiger partial charge < -0.3 is 14.6 Å². The highest BCUT2D eigenvalue weighted by molar-refractivity contribution is 6.31. The van der Waals surface area contributed by atoms with Crippen molar-refractivity contribution in [2.45, 2.75) is 18.9 Å². The van der Waals surface area contributed by atoms with Gasteiger partial charge in [-0.2, -0.15) is 0 Å². The standard InChI is InChI=1S/C19H18ClN3O2/c20-14-4-5-16-13(11-14)12-17(22-16)19(24)23-9-6-15(7-10-23)25-18-3-1-2-8-21-18/h1-5,8,11-12,15,22H,6-7,9-10H2. The van der Waals surface area contributed by atoms with E-state index in [-0.39, 0.29) is 12.0 Å². The van der Waals surface area contributed by atoms with E-state index in [0.717, 1.165) is 23.7 Å². The second-order valence-corrected chi connectivity index (χ2v) is 6.63. The van der Waals surface area contributed by atoms with Crippen LogP contribution in [0.5, 0.6) is 5.88 Å². The lowest BCUT2D eigenvalue weighted by molar-refractivity contribution is 0.0583. The quantitative estimate of drug-likeness (QED) is 0.775. The number of benzene rings is 1. The fourth-order valence-electron chi connectivity index (χ4n) is 3.15. The van der Waals surface area contributed by atoms with Gasteiger partial charge in [0.1, 0.15) is 11.8 Å². The number of nitrogens with zero attached hydrogens (tertiary/aromatic N) is 2. The van der Waals surface area contributed by atoms with Crippen molar-refractivity contribution in [2.24, 2.45) is 0 Å². The molecule has 4 rings (SSSR count). The highest BCUT2D eigenvalue weighted by atomic mass is 35.5. The molecule has 128 valence electrons. The lowest BCUT2D eigenvalue weighted by Gasteiger charge is -2.31. The van der Waals surface area contributed by atoms with E-state index in [2.05, 4.69) is 9.97 Å². The average Bonchev–Trinajstić information content (AvgIpc) is 3.06. The number of fused-ring (bicyclic) bond motifs is 1. The zero-order valence-electron chi connectivity index (χ0n) is 13.6. The summed E-state index contributed by atoms with van der Waals surface area (Å²) in [6.07, 6.45) is 3.42. The van der Waals surface area contributed by atoms with E-state index < -0.39 is 0 Å². The molecule has 0 bridgehead atoms. The SMILES string of the molecule is O=C(c1cc2cc(Cl)ccc2[nH]1)N1CCC(Oc2ccccn2)CC1. The fourth-order valence-corrected chi connectivity index (χ4v) is 3.33. The maximum Gasteiger partial charge on any atom is 0.270 e. The third kappa shape index (κ3) is 3.46. The third-order valence-corrected chi connectivity index (χ3v) is 4.70. The summed E-state index contributed by atoms with van der Waals surface area (Å²) in [6.45, 7) is 1.35. The summed E-state index contributed by atoms with van der Waals surface area (Å²) in [5.74, 6) is 0.656. The number of hydrogen-bond donors (Lipinski definition) is 1. The Kier molecular flexibility index (Phi) is 4.32. The molecule has 3 heterocycles. The number of piperidine rings is 1. The highest BCUT2D eigenvalue weighted by Gasteiger charge is 2.25. The lowest BCUT2D eigenvalue weighted by atomic mass is 10.1. The molecule has 5 nitrogen and oxygen atoms in total. The third-order valence-electron chi connectivity index (χ3n) is 4.47. The number of pyridine rings is 1. The summed E-state index contributed by atoms with van der Waals surface area (Å²) < 4.78 is 5.88. The highest BCUT2D eigenvalue weighted by Crippen LogP contribution is 2.23. The van der Waals surface area contributed by atoms with Gasteiger partial charge >= 0.3 is 0 Å². The summed E-state index contributed by atoms with van der Waals surface area (Å²) in [5.41, 5.74) is 1.52. The number of nitrogens with one attached hydrogen (secondary N) is 1. The van der Waals surface area contributed by atoms with Crippen LogP contribution >= 0.6 is 11.6 Å². The van der Waals surface area contributed by atoms with E-state index in [1.807, 2.05) is 47.4 Å². The van der Waals surface area contributed by atoms with Gasteiger partial charge in [0.2, 0.25) is 5.88 Å². The molecular formula is C19H18ClN3O2. The molecule has 0 saturated carbocycles. The predicted molar refractivity (Wildman–Crippen MR) is 97.1 cm³/mol. The van der Waals surface area contributed by atoms with Crippen molar-refractivity contribution >= 4 is 28.4 Å². The minimum Gasteiger partial charge on any atom is -0.474 e. The Morgan fingerprint density at radius 2 is 2.04 bits per heavy atom. The normalized spacial score (nSPS) is 15.5. The van der Waals surface area contributed by atoms with Crippen LogP contribution in [0.3, 0.4) is 0 Å². The van der Waals surface area contributed by atoms with Gasteiger partial charge in [0.25, 0.3) is 5.91 Å². The number of carbonyl (C=O) groups is 1. The Labute approximate surface area is 150 Å². The van der Waals surface area contributed by atoms with E-state index in [1.54, 1.807) is 6.20 Å². The summed E-state index contributed by atoms with van der Waals surface area (Å²) >= 11 is 6.01. The molecule has 2 aromatic heterocycles. The zero-order chi connectivity index (χ0) is 17.2. The molecule has 1 aliphatic heterocycles. The van der Waals surface area contributed by atoms with Crippen LogP contribution in [0.2, 0.25) is 5.02 Å². The van der Waals surface area contributed by atoms with Gasteiger partial charge in [-0.3, -0.25) is 4.79 Å². The maximum atomic E-state index is 12.7. The van der Waals surface area contributed by atoms with Crippen molar-refractivity contribution in [3.8, 4) is 5.88 Å². The molecule has 1 N–H and O–H groups in total. The number of hydrogen-bond acceptors (Lipinski definition) is 3. The lowest BCUT2D eigenvalue weighted by Crippen LogP contribution is -2.42. The number of halogens is 1. The van der Waals surface area contributed by atoms with Crippen molar-refractivity contribution in [2.75, 3.05) is 13.1 Å². The molecule has 25 heavy (non-hydrogen) atoms. The molecule has 0 spiro atoms. The topological polar surface area (TPSA) is 58.2 Å². The van der Waals surface area contributed by atoms with Crippen LogP contribution in [0.1, 0.15) is 23.3 Å². The van der Waals surface area contributed by atoms with Gasteiger partial charge in [-0.1, -0.05) is 17.7 Å². The monoisotopic (exact) mass is 355 g/mol. The van der Waals surface area contributed by atoms with Crippen molar-refractivity contribution in [1.82, 2.24) is 14.9 Å². The zero-order valence-corrected chi connectivity index (χ0v) is 14.4. The summed E-state index contributed by atoms with van der Waals surface area (Å²) in [5, 5.41) is 1.61. The van der Waals surface area contributed by atoms with Crippen LogP contribution in [0, 0.1) is 0 Å². The summed E-state index contributed by atoms with van der Waals surface area (Å²) in [4.78, 5) is 22.0. The number of H-pyrrole nitrogens is 1. The molecule has 3 aromatic rings.